The van der Waals surface area contributed by atoms with Crippen LogP contribution in [-0.4, -0.2) is 58.3 Å². The van der Waals surface area contributed by atoms with Crippen LogP contribution in [0, 0.1) is 18.8 Å². The topological polar surface area (TPSA) is 98.7 Å². The van der Waals surface area contributed by atoms with E-state index in [1.54, 1.807) is 26.0 Å². The Morgan fingerprint density at radius 2 is 1.74 bits per heavy atom. The van der Waals surface area contributed by atoms with Gasteiger partial charge in [0, 0.05) is 30.0 Å². The van der Waals surface area contributed by atoms with Crippen LogP contribution < -0.4 is 10.6 Å². The molecule has 1 saturated heterocycles. The number of alkyl halides is 2. The normalized spacial score (nSPS) is 24.3. The zero-order valence-electron chi connectivity index (χ0n) is 22.8. The van der Waals surface area contributed by atoms with Crippen LogP contribution in [0.2, 0.25) is 0 Å². The van der Waals surface area contributed by atoms with Crippen molar-refractivity contribution in [2.45, 2.75) is 70.4 Å². The van der Waals surface area contributed by atoms with Gasteiger partial charge in [0.1, 0.15) is 11.8 Å². The summed E-state index contributed by atoms with van der Waals surface area (Å²) in [4.78, 5) is 41.2. The van der Waals surface area contributed by atoms with Crippen molar-refractivity contribution in [2.24, 2.45) is 11.8 Å². The lowest BCUT2D eigenvalue weighted by atomic mass is 9.91. The quantitative estimate of drug-likeness (QED) is 0.439. The van der Waals surface area contributed by atoms with Gasteiger partial charge in [-0.15, -0.1) is 0 Å². The van der Waals surface area contributed by atoms with Crippen LogP contribution in [0.3, 0.4) is 0 Å². The number of benzene rings is 2. The molecule has 3 amide bonds. The van der Waals surface area contributed by atoms with Crippen molar-refractivity contribution < 1.29 is 28.3 Å². The molecule has 9 heteroatoms. The molecule has 0 spiro atoms. The fourth-order valence-corrected chi connectivity index (χ4v) is 5.61. The van der Waals surface area contributed by atoms with Gasteiger partial charge in [-0.3, -0.25) is 14.4 Å². The zero-order valence-corrected chi connectivity index (χ0v) is 22.8. The highest BCUT2D eigenvalue weighted by molar-refractivity contribution is 5.98. The number of aromatic hydroxyl groups is 1. The number of phenols is 1. The van der Waals surface area contributed by atoms with Gasteiger partial charge in [0.05, 0.1) is 18.0 Å². The molecule has 1 aliphatic heterocycles. The van der Waals surface area contributed by atoms with E-state index in [1.807, 2.05) is 44.2 Å². The lowest BCUT2D eigenvalue weighted by molar-refractivity contribution is -0.142. The number of rotatable bonds is 9. The second-order valence-electron chi connectivity index (χ2n) is 11.3. The Morgan fingerprint density at radius 3 is 2.41 bits per heavy atom. The third-order valence-corrected chi connectivity index (χ3v) is 8.12. The Bertz CT molecular complexity index is 1240. The lowest BCUT2D eigenvalue weighted by Gasteiger charge is -2.32. The van der Waals surface area contributed by atoms with Crippen LogP contribution in [0.5, 0.6) is 5.75 Å². The van der Waals surface area contributed by atoms with Gasteiger partial charge in [-0.05, 0) is 43.4 Å². The summed E-state index contributed by atoms with van der Waals surface area (Å²) in [7, 11) is 0. The average Bonchev–Trinajstić information content (AvgIpc) is 3.52. The Hall–Kier alpha value is -3.49. The van der Waals surface area contributed by atoms with Crippen LogP contribution in [-0.2, 0) is 9.59 Å². The van der Waals surface area contributed by atoms with E-state index in [2.05, 4.69) is 10.6 Å². The molecule has 210 valence electrons. The van der Waals surface area contributed by atoms with Crippen molar-refractivity contribution in [3.8, 4) is 5.75 Å². The van der Waals surface area contributed by atoms with Crippen LogP contribution in [0.15, 0.2) is 48.5 Å². The second kappa shape index (κ2) is 10.9. The molecule has 1 heterocycles. The Balaban J connectivity index is 1.61. The Morgan fingerprint density at radius 1 is 1.05 bits per heavy atom. The molecule has 2 fully saturated rings. The van der Waals surface area contributed by atoms with E-state index in [0.717, 1.165) is 10.5 Å². The first-order valence-electron chi connectivity index (χ1n) is 13.5. The first kappa shape index (κ1) is 28.5. The van der Waals surface area contributed by atoms with E-state index in [1.165, 1.54) is 6.07 Å². The molecule has 0 radical (unpaired) electrons. The number of hydrogen-bond acceptors (Lipinski definition) is 4. The lowest BCUT2D eigenvalue weighted by Crippen LogP contribution is -2.53. The molecule has 3 N–H and O–H groups in total. The largest absolute Gasteiger partial charge is 0.508 e. The summed E-state index contributed by atoms with van der Waals surface area (Å²) in [5.74, 6) is -5.63. The Kier molecular flexibility index (Phi) is 8.00. The van der Waals surface area contributed by atoms with Crippen molar-refractivity contribution in [2.75, 3.05) is 13.1 Å². The molecule has 0 bridgehead atoms. The third-order valence-electron chi connectivity index (χ3n) is 8.12. The molecule has 0 aromatic heterocycles. The molecular formula is C30H37F2N3O4. The third kappa shape index (κ3) is 5.92. The molecule has 2 aromatic rings. The van der Waals surface area contributed by atoms with Crippen molar-refractivity contribution in [3.63, 3.8) is 0 Å². The number of carbonyl (C=O) groups excluding carboxylic acids is 3. The standard InChI is InChI=1S/C30H37F2N3O4/c1-18(2)13-14-33-27(38)24-16-29(31,32)17-35(24)28(39)20(4)30(15-23(30)21-9-6-5-7-10-21)34-26(37)22-11-8-12-25(36)19(22)3/h5-12,18,20,23-24,36H,13-17H2,1-4H3,(H,33,38)(H,34,37)/t20-,23-,24+,30-/m1/s1. The fourth-order valence-electron chi connectivity index (χ4n) is 5.61. The molecule has 2 aliphatic rings. The Labute approximate surface area is 228 Å². The maximum Gasteiger partial charge on any atom is 0.267 e. The summed E-state index contributed by atoms with van der Waals surface area (Å²) < 4.78 is 29.2. The fraction of sp³-hybridized carbons (Fsp3) is 0.500. The highest BCUT2D eigenvalue weighted by Crippen LogP contribution is 2.56. The van der Waals surface area contributed by atoms with E-state index in [0.29, 0.717) is 30.9 Å². The summed E-state index contributed by atoms with van der Waals surface area (Å²) in [5, 5.41) is 15.8. The minimum absolute atomic E-state index is 0.0261. The number of nitrogens with one attached hydrogen (secondary N) is 2. The van der Waals surface area contributed by atoms with E-state index in [-0.39, 0.29) is 17.2 Å². The highest BCUT2D eigenvalue weighted by atomic mass is 19.3. The number of hydrogen-bond donors (Lipinski definition) is 3. The van der Waals surface area contributed by atoms with Crippen LogP contribution in [0.4, 0.5) is 8.78 Å². The van der Waals surface area contributed by atoms with E-state index >= 15 is 0 Å². The molecular weight excluding hydrogens is 504 g/mol. The van der Waals surface area contributed by atoms with Crippen molar-refractivity contribution in [1.29, 1.82) is 0 Å². The molecule has 4 atom stereocenters. The van der Waals surface area contributed by atoms with Crippen LogP contribution in [0.25, 0.3) is 0 Å². The molecule has 7 nitrogen and oxygen atoms in total. The summed E-state index contributed by atoms with van der Waals surface area (Å²) in [6.45, 7) is 6.75. The van der Waals surface area contributed by atoms with E-state index in [9.17, 15) is 28.3 Å². The average molecular weight is 542 g/mol. The molecule has 4 rings (SSSR count). The number of halogens is 2. The first-order valence-corrected chi connectivity index (χ1v) is 13.5. The predicted molar refractivity (Wildman–Crippen MR) is 144 cm³/mol. The zero-order chi connectivity index (χ0) is 28.5. The number of phenolic OH excluding ortho intramolecular Hbond substituents is 1. The SMILES string of the molecule is Cc1c(O)cccc1C(=O)N[C@@]1([C@H](C)C(=O)N2CC(F)(F)C[C@H]2C(=O)NCCC(C)C)C[C@@H]1c1ccccc1. The van der Waals surface area contributed by atoms with Gasteiger partial charge >= 0.3 is 0 Å². The number of amides is 3. The summed E-state index contributed by atoms with van der Waals surface area (Å²) >= 11 is 0. The molecule has 39 heavy (non-hydrogen) atoms. The van der Waals surface area contributed by atoms with E-state index < -0.39 is 54.1 Å². The van der Waals surface area contributed by atoms with Crippen LogP contribution in [0.1, 0.15) is 67.4 Å². The van der Waals surface area contributed by atoms with Gasteiger partial charge in [0.2, 0.25) is 11.8 Å². The second-order valence-corrected chi connectivity index (χ2v) is 11.3. The number of likely N-dealkylation sites (tertiary alicyclic amines) is 1. The van der Waals surface area contributed by atoms with Gasteiger partial charge in [-0.2, -0.15) is 0 Å². The first-order chi connectivity index (χ1) is 18.4. The van der Waals surface area contributed by atoms with Gasteiger partial charge < -0.3 is 20.6 Å². The summed E-state index contributed by atoms with van der Waals surface area (Å²) in [5.41, 5.74) is 0.547. The van der Waals surface area contributed by atoms with Crippen molar-refractivity contribution in [1.82, 2.24) is 15.5 Å². The molecule has 1 aliphatic carbocycles. The minimum Gasteiger partial charge on any atom is -0.508 e. The van der Waals surface area contributed by atoms with E-state index in [4.69, 9.17) is 0 Å². The smallest absolute Gasteiger partial charge is 0.267 e. The van der Waals surface area contributed by atoms with Crippen LogP contribution >= 0.6 is 0 Å². The van der Waals surface area contributed by atoms with Gasteiger partial charge in [-0.25, -0.2) is 8.78 Å². The predicted octanol–water partition coefficient (Wildman–Crippen LogP) is 4.39. The van der Waals surface area contributed by atoms with Gasteiger partial charge in [0.15, 0.2) is 0 Å². The maximum absolute atomic E-state index is 14.6. The molecule has 2 aromatic carbocycles. The summed E-state index contributed by atoms with van der Waals surface area (Å²) in [6.07, 6.45) is 0.396. The number of carbonyl (C=O) groups is 3. The van der Waals surface area contributed by atoms with Crippen molar-refractivity contribution in [3.05, 3.63) is 65.2 Å². The maximum atomic E-state index is 14.6. The monoisotopic (exact) mass is 541 g/mol. The molecule has 0 unspecified atom stereocenters. The minimum atomic E-state index is -3.19. The van der Waals surface area contributed by atoms with Crippen molar-refractivity contribution >= 4 is 17.7 Å². The van der Waals surface area contributed by atoms with Gasteiger partial charge in [0.25, 0.3) is 11.8 Å². The highest BCUT2D eigenvalue weighted by Gasteiger charge is 2.63. The molecule has 1 saturated carbocycles. The summed E-state index contributed by atoms with van der Waals surface area (Å²) in [6, 6.07) is 12.8. The number of nitrogens with zero attached hydrogens (tertiary/aromatic N) is 1. The van der Waals surface area contributed by atoms with Gasteiger partial charge in [-0.1, -0.05) is 57.2 Å².